The minimum absolute atomic E-state index is 0.0153. The van der Waals surface area contributed by atoms with Crippen molar-refractivity contribution in [2.45, 2.75) is 33.4 Å². The number of amides is 1. The van der Waals surface area contributed by atoms with Gasteiger partial charge in [0.1, 0.15) is 6.17 Å². The van der Waals surface area contributed by atoms with E-state index in [0.29, 0.717) is 23.7 Å². The summed E-state index contributed by atoms with van der Waals surface area (Å²) < 4.78 is 0. The molecule has 40 heavy (non-hydrogen) atoms. The Hall–Kier alpha value is -4.03. The molecule has 3 N–H and O–H groups in total. The van der Waals surface area contributed by atoms with E-state index in [1.54, 1.807) is 12.1 Å². The van der Waals surface area contributed by atoms with Crippen molar-refractivity contribution in [2.24, 2.45) is 10.8 Å². The molecule has 0 radical (unpaired) electrons. The maximum Gasteiger partial charge on any atom is 0.335 e. The summed E-state index contributed by atoms with van der Waals surface area (Å²) in [6.07, 6.45) is 5.06. The molecule has 1 aliphatic carbocycles. The highest BCUT2D eigenvalue weighted by molar-refractivity contribution is 6.31. The molecule has 0 aromatic heterocycles. The van der Waals surface area contributed by atoms with Gasteiger partial charge in [-0.15, -0.1) is 0 Å². The molecule has 0 saturated carbocycles. The van der Waals surface area contributed by atoms with Gasteiger partial charge in [-0.05, 0) is 54.0 Å². The maximum atomic E-state index is 14.0. The minimum Gasteiger partial charge on any atom is -0.478 e. The smallest absolute Gasteiger partial charge is 0.335 e. The van der Waals surface area contributed by atoms with Gasteiger partial charge in [-0.1, -0.05) is 80.4 Å². The number of halogens is 1. The molecule has 1 amide bonds. The van der Waals surface area contributed by atoms with E-state index in [9.17, 15) is 14.7 Å². The van der Waals surface area contributed by atoms with E-state index in [2.05, 4.69) is 43.6 Å². The van der Waals surface area contributed by atoms with E-state index in [0.717, 1.165) is 28.9 Å². The van der Waals surface area contributed by atoms with Gasteiger partial charge in [-0.25, -0.2) is 4.79 Å². The van der Waals surface area contributed by atoms with Crippen LogP contribution in [0.3, 0.4) is 0 Å². The zero-order valence-corrected chi connectivity index (χ0v) is 23.5. The highest BCUT2D eigenvalue weighted by Crippen LogP contribution is 2.55. The number of anilines is 2. The first-order valence-corrected chi connectivity index (χ1v) is 13.9. The van der Waals surface area contributed by atoms with E-state index in [1.807, 2.05) is 59.5 Å². The van der Waals surface area contributed by atoms with Crippen LogP contribution in [0.15, 0.2) is 84.5 Å². The fraction of sp³-hybridized carbons (Fsp3) is 0.273. The van der Waals surface area contributed by atoms with Crippen LogP contribution in [0.25, 0.3) is 5.57 Å². The number of allylic oxidation sites excluding steroid dienone is 2. The third-order valence-electron chi connectivity index (χ3n) is 8.62. The minimum atomic E-state index is -0.925. The summed E-state index contributed by atoms with van der Waals surface area (Å²) in [4.78, 5) is 27.3. The highest BCUT2D eigenvalue weighted by atomic mass is 35.5. The zero-order chi connectivity index (χ0) is 28.2. The van der Waals surface area contributed by atoms with Crippen LogP contribution >= 0.6 is 11.6 Å². The molecule has 2 atom stereocenters. The molecule has 6 rings (SSSR count). The molecule has 2 heterocycles. The van der Waals surface area contributed by atoms with Crippen molar-refractivity contribution in [1.82, 2.24) is 4.90 Å². The summed E-state index contributed by atoms with van der Waals surface area (Å²) in [5.74, 6) is -0.910. The monoisotopic (exact) mass is 553 g/mol. The number of nitrogens with zero attached hydrogens (tertiary/aromatic N) is 1. The predicted molar refractivity (Wildman–Crippen MR) is 160 cm³/mol. The molecule has 3 aliphatic rings. The summed E-state index contributed by atoms with van der Waals surface area (Å²) >= 11 is 6.19. The number of hydrogen-bond acceptors (Lipinski definition) is 4. The average molecular weight is 554 g/mol. The van der Waals surface area contributed by atoms with Gasteiger partial charge in [0.25, 0.3) is 5.91 Å². The van der Waals surface area contributed by atoms with Gasteiger partial charge in [0, 0.05) is 40.1 Å². The zero-order valence-electron chi connectivity index (χ0n) is 22.8. The van der Waals surface area contributed by atoms with Crippen molar-refractivity contribution in [3.05, 3.63) is 112 Å². The standard InChI is InChI=1S/C33H32ClN3O3/c1-32(2)25(20-8-10-21(11-9-20)31(39)40)14-16-33(3)19-37(17-15-28(32)33)30(38)24-7-5-4-6-23(24)29-35-26-13-12-22(34)18-27(26)36-29/h4-15,18,29,35-36H,16-17,19H2,1-3H3,(H,39,40)/t29?,33-/m1/s1. The number of carboxylic acid groups (broad SMARTS) is 1. The van der Waals surface area contributed by atoms with Gasteiger partial charge in [0.05, 0.1) is 16.9 Å². The normalized spacial score (nSPS) is 22.7. The molecule has 1 unspecified atom stereocenters. The Kier molecular flexibility index (Phi) is 6.26. The van der Waals surface area contributed by atoms with Crippen molar-refractivity contribution >= 4 is 40.4 Å². The number of benzene rings is 3. The Labute approximate surface area is 239 Å². The van der Waals surface area contributed by atoms with E-state index < -0.39 is 5.97 Å². The molecule has 6 nitrogen and oxygen atoms in total. The number of carbonyl (C=O) groups excluding carboxylic acids is 1. The summed E-state index contributed by atoms with van der Waals surface area (Å²) in [7, 11) is 0. The van der Waals surface area contributed by atoms with Crippen molar-refractivity contribution in [3.63, 3.8) is 0 Å². The van der Waals surface area contributed by atoms with Crippen LogP contribution in [-0.4, -0.2) is 35.0 Å². The first kappa shape index (κ1) is 26.2. The van der Waals surface area contributed by atoms with Crippen LogP contribution in [0.5, 0.6) is 0 Å². The molecule has 0 spiro atoms. The molecule has 2 aliphatic heterocycles. The maximum absolute atomic E-state index is 14.0. The molecule has 204 valence electrons. The number of rotatable bonds is 4. The molecule has 7 heteroatoms. The summed E-state index contributed by atoms with van der Waals surface area (Å²) in [5, 5.41) is 16.9. The quantitative estimate of drug-likeness (QED) is 0.292. The van der Waals surface area contributed by atoms with E-state index in [1.165, 1.54) is 11.1 Å². The molecule has 3 aromatic rings. The van der Waals surface area contributed by atoms with E-state index >= 15 is 0 Å². The van der Waals surface area contributed by atoms with Crippen LogP contribution in [0.1, 0.15) is 65.2 Å². The second kappa shape index (κ2) is 9.56. The van der Waals surface area contributed by atoms with Crippen LogP contribution in [-0.2, 0) is 0 Å². The number of hydrogen-bond donors (Lipinski definition) is 3. The summed E-state index contributed by atoms with van der Waals surface area (Å²) in [6, 6.07) is 20.6. The number of fused-ring (bicyclic) bond motifs is 2. The lowest BCUT2D eigenvalue weighted by Crippen LogP contribution is -2.49. The first-order chi connectivity index (χ1) is 19.1. The van der Waals surface area contributed by atoms with E-state index in [-0.39, 0.29) is 28.5 Å². The van der Waals surface area contributed by atoms with Crippen LogP contribution < -0.4 is 10.6 Å². The lowest BCUT2D eigenvalue weighted by molar-refractivity contribution is 0.0677. The Morgan fingerprint density at radius 2 is 1.68 bits per heavy atom. The van der Waals surface area contributed by atoms with Gasteiger partial charge in [-0.3, -0.25) is 4.79 Å². The lowest BCUT2D eigenvalue weighted by Gasteiger charge is -2.50. The highest BCUT2D eigenvalue weighted by Gasteiger charge is 2.46. The average Bonchev–Trinajstić information content (AvgIpc) is 3.35. The van der Waals surface area contributed by atoms with Gasteiger partial charge >= 0.3 is 5.97 Å². The van der Waals surface area contributed by atoms with Crippen LogP contribution in [0.4, 0.5) is 11.4 Å². The lowest BCUT2D eigenvalue weighted by atomic mass is 9.58. The number of nitrogens with one attached hydrogen (secondary N) is 2. The van der Waals surface area contributed by atoms with Crippen LogP contribution in [0, 0.1) is 10.8 Å². The number of carboxylic acids is 1. The first-order valence-electron chi connectivity index (χ1n) is 13.5. The van der Waals surface area contributed by atoms with Crippen molar-refractivity contribution < 1.29 is 14.7 Å². The SMILES string of the molecule is CC1(C)C(c2ccc(C(=O)O)cc2)=CC[C@]2(C)CN(C(=O)c3ccccc3C3Nc4ccc(Cl)cc4N3)CC=C12. The summed E-state index contributed by atoms with van der Waals surface area (Å²) in [5.41, 5.74) is 6.83. The fourth-order valence-electron chi connectivity index (χ4n) is 6.73. The molecular formula is C33H32ClN3O3. The molecule has 3 aromatic carbocycles. The summed E-state index contributed by atoms with van der Waals surface area (Å²) in [6.45, 7) is 7.85. The topological polar surface area (TPSA) is 81.7 Å². The number of aromatic carboxylic acids is 1. The molecular weight excluding hydrogens is 522 g/mol. The molecule has 0 bridgehead atoms. The Morgan fingerprint density at radius 1 is 0.950 bits per heavy atom. The van der Waals surface area contributed by atoms with Crippen LogP contribution in [0.2, 0.25) is 5.02 Å². The van der Waals surface area contributed by atoms with Gasteiger partial charge in [0.2, 0.25) is 0 Å². The van der Waals surface area contributed by atoms with Gasteiger partial charge in [-0.2, -0.15) is 0 Å². The fourth-order valence-corrected chi connectivity index (χ4v) is 6.91. The Balaban J connectivity index is 1.25. The Morgan fingerprint density at radius 3 is 2.42 bits per heavy atom. The third kappa shape index (κ3) is 4.37. The Bertz CT molecular complexity index is 1590. The third-order valence-corrected chi connectivity index (χ3v) is 8.86. The molecule has 0 saturated heterocycles. The number of carbonyl (C=O) groups is 2. The van der Waals surface area contributed by atoms with Gasteiger partial charge in [0.15, 0.2) is 0 Å². The second-order valence-corrected chi connectivity index (χ2v) is 12.1. The van der Waals surface area contributed by atoms with Crippen molar-refractivity contribution in [3.8, 4) is 0 Å². The predicted octanol–water partition coefficient (Wildman–Crippen LogP) is 7.48. The second-order valence-electron chi connectivity index (χ2n) is 11.7. The van der Waals surface area contributed by atoms with Gasteiger partial charge < -0.3 is 20.6 Å². The molecule has 0 fully saturated rings. The van der Waals surface area contributed by atoms with E-state index in [4.69, 9.17) is 11.6 Å². The largest absolute Gasteiger partial charge is 0.478 e. The van der Waals surface area contributed by atoms with Crippen molar-refractivity contribution in [1.29, 1.82) is 0 Å². The van der Waals surface area contributed by atoms with Crippen molar-refractivity contribution in [2.75, 3.05) is 23.7 Å².